The number of nitrogens with one attached hydrogen (secondary N) is 1. The first-order valence-corrected chi connectivity index (χ1v) is 12.6. The van der Waals surface area contributed by atoms with E-state index >= 15 is 0 Å². The van der Waals surface area contributed by atoms with Gasteiger partial charge in [-0.1, -0.05) is 11.8 Å². The Balaban J connectivity index is 1.70. The molecule has 12 nitrogen and oxygen atoms in total. The third kappa shape index (κ3) is 4.21. The lowest BCUT2D eigenvalue weighted by atomic mass is 9.96. The molecule has 0 bridgehead atoms. The summed E-state index contributed by atoms with van der Waals surface area (Å²) in [5.41, 5.74) is 6.45. The molecule has 1 aromatic carbocycles. The number of ether oxygens (including phenoxy) is 2. The van der Waals surface area contributed by atoms with Crippen LogP contribution >= 0.6 is 0 Å². The van der Waals surface area contributed by atoms with Crippen LogP contribution in [0.2, 0.25) is 0 Å². The van der Waals surface area contributed by atoms with Crippen LogP contribution in [-0.4, -0.2) is 69.1 Å². The predicted molar refractivity (Wildman–Crippen MR) is 131 cm³/mol. The van der Waals surface area contributed by atoms with Crippen molar-refractivity contribution in [1.82, 2.24) is 19.5 Å². The number of hydrogen-bond donors (Lipinski definition) is 3. The van der Waals surface area contributed by atoms with Gasteiger partial charge in [-0.3, -0.25) is 9.29 Å². The smallest absolute Gasteiger partial charge is 0.237 e. The maximum absolute atomic E-state index is 12.7. The first kappa shape index (κ1) is 23.6. The number of aliphatic imine (C=N–C) groups is 1. The zero-order valence-electron chi connectivity index (χ0n) is 19.3. The third-order valence-electron chi connectivity index (χ3n) is 5.66. The number of rotatable bonds is 7. The summed E-state index contributed by atoms with van der Waals surface area (Å²) in [6, 6.07) is 4.73. The lowest BCUT2D eigenvalue weighted by molar-refractivity contribution is 0.0979. The standard InChI is InChI=1S/C23H22N6O6S/c1-3-35-19-9-4-6-15(25-19)22-27-21-23(29(22)20-16(31)7-5-8-17(20)34-2)26-18(12-24-21)28-36(32,33)14-10-13(30)11-14/h5,7-9,12-14,30-31H,3,10-11H2,1-2H3,(H,26,28). The van der Waals surface area contributed by atoms with E-state index in [2.05, 4.69) is 36.1 Å². The van der Waals surface area contributed by atoms with E-state index in [-0.39, 0.29) is 52.9 Å². The Morgan fingerprint density at radius 1 is 1.28 bits per heavy atom. The van der Waals surface area contributed by atoms with Gasteiger partial charge in [0.2, 0.25) is 15.9 Å². The molecule has 0 unspecified atom stereocenters. The number of phenols is 1. The molecule has 0 radical (unpaired) electrons. The fraction of sp³-hybridized carbons (Fsp3) is 0.304. The van der Waals surface area contributed by atoms with Crippen molar-refractivity contribution in [1.29, 1.82) is 0 Å². The number of benzene rings is 1. The number of hydrogen-bond acceptors (Lipinski definition) is 10. The van der Waals surface area contributed by atoms with Crippen LogP contribution in [0.1, 0.15) is 25.6 Å². The zero-order chi connectivity index (χ0) is 25.4. The highest BCUT2D eigenvalue weighted by Gasteiger charge is 2.38. The van der Waals surface area contributed by atoms with Gasteiger partial charge in [0.1, 0.15) is 17.2 Å². The fourth-order valence-electron chi connectivity index (χ4n) is 3.86. The van der Waals surface area contributed by atoms with E-state index in [0.717, 1.165) is 0 Å². The number of aliphatic hydroxyl groups is 1. The van der Waals surface area contributed by atoms with E-state index in [0.29, 0.717) is 18.3 Å². The van der Waals surface area contributed by atoms with Crippen molar-refractivity contribution in [2.24, 2.45) is 4.99 Å². The molecule has 0 atom stereocenters. The van der Waals surface area contributed by atoms with Crippen molar-refractivity contribution in [2.45, 2.75) is 31.1 Å². The van der Waals surface area contributed by atoms with Crippen LogP contribution in [0.3, 0.4) is 0 Å². The lowest BCUT2D eigenvalue weighted by Gasteiger charge is -2.30. The van der Waals surface area contributed by atoms with Gasteiger partial charge in [0.15, 0.2) is 28.6 Å². The largest absolute Gasteiger partial charge is 0.506 e. The second-order valence-corrected chi connectivity index (χ2v) is 10.0. The van der Waals surface area contributed by atoms with Crippen molar-refractivity contribution in [3.8, 4) is 17.2 Å². The summed E-state index contributed by atoms with van der Waals surface area (Å²) in [5.74, 6) is 0.612. The minimum atomic E-state index is -3.79. The number of sulfonamides is 1. The molecule has 1 aliphatic heterocycles. The number of phenolic OH excluding ortho intramolecular Hbond substituents is 1. The first-order valence-electron chi connectivity index (χ1n) is 11.1. The quantitative estimate of drug-likeness (QED) is 0.403. The molecular weight excluding hydrogens is 488 g/mol. The van der Waals surface area contributed by atoms with E-state index in [9.17, 15) is 18.6 Å². The molecule has 1 saturated carbocycles. The monoisotopic (exact) mass is 510 g/mol. The number of anilines is 1. The summed E-state index contributed by atoms with van der Waals surface area (Å²) in [7, 11) is -2.34. The molecule has 0 spiro atoms. The van der Waals surface area contributed by atoms with Crippen LogP contribution in [-0.2, 0) is 14.8 Å². The van der Waals surface area contributed by atoms with E-state index in [1.54, 1.807) is 12.1 Å². The van der Waals surface area contributed by atoms with Gasteiger partial charge in [-0.25, -0.2) is 28.4 Å². The Morgan fingerprint density at radius 3 is 2.81 bits per heavy atom. The molecule has 13 heteroatoms. The Hall–Kier alpha value is -4.15. The average Bonchev–Trinajstić information content (AvgIpc) is 3.20. The topological polar surface area (TPSA) is 161 Å². The van der Waals surface area contributed by atoms with Crippen molar-refractivity contribution in [3.63, 3.8) is 0 Å². The van der Waals surface area contributed by atoms with Crippen molar-refractivity contribution < 1.29 is 28.1 Å². The summed E-state index contributed by atoms with van der Waals surface area (Å²) in [6.07, 6.45) is 2.44. The maximum atomic E-state index is 12.7. The van der Waals surface area contributed by atoms with Gasteiger partial charge < -0.3 is 19.7 Å². The average molecular weight is 511 g/mol. The molecule has 3 aromatic rings. The summed E-state index contributed by atoms with van der Waals surface area (Å²) < 4.78 is 40.2. The summed E-state index contributed by atoms with van der Waals surface area (Å²) in [4.78, 5) is 17.7. The lowest BCUT2D eigenvalue weighted by Crippen LogP contribution is -2.42. The predicted octanol–water partition coefficient (Wildman–Crippen LogP) is 1.89. The molecule has 36 heavy (non-hydrogen) atoms. The van der Waals surface area contributed by atoms with Gasteiger partial charge in [0.05, 0.1) is 37.3 Å². The Kier molecular flexibility index (Phi) is 5.99. The minimum Gasteiger partial charge on any atom is -0.506 e. The normalized spacial score (nSPS) is 19.0. The maximum Gasteiger partial charge on any atom is 0.237 e. The number of imidazole rings is 1. The summed E-state index contributed by atoms with van der Waals surface area (Å²) >= 11 is 0. The number of fused-ring (bicyclic) bond motifs is 1. The molecule has 1 fully saturated rings. The first-order chi connectivity index (χ1) is 17.3. The highest BCUT2D eigenvalue weighted by Crippen LogP contribution is 2.37. The van der Waals surface area contributed by atoms with Crippen LogP contribution in [0.5, 0.6) is 11.5 Å². The highest BCUT2D eigenvalue weighted by molar-refractivity contribution is 7.93. The van der Waals surface area contributed by atoms with Crippen molar-refractivity contribution in [2.75, 3.05) is 18.4 Å². The molecule has 5 rings (SSSR count). The Bertz CT molecular complexity index is 1590. The molecular formula is C23H22N6O6S. The Labute approximate surface area is 206 Å². The SMILES string of the molecule is CCOC1=NC(c2nc3ncc(NS(=O)(=O)C4CC(O)C4)nc3n2-c2c(O)cccc2OC)=C=C=C1. The van der Waals surface area contributed by atoms with Gasteiger partial charge in [-0.05, 0) is 37.6 Å². The molecule has 2 aliphatic rings. The number of aromatic nitrogens is 4. The molecule has 0 saturated heterocycles. The second-order valence-electron chi connectivity index (χ2n) is 8.04. The third-order valence-corrected chi connectivity index (χ3v) is 7.42. The van der Waals surface area contributed by atoms with Crippen molar-refractivity contribution in [3.05, 3.63) is 47.8 Å². The van der Waals surface area contributed by atoms with Crippen LogP contribution in [0.25, 0.3) is 22.7 Å². The summed E-state index contributed by atoms with van der Waals surface area (Å²) in [5, 5.41) is 19.6. The van der Waals surface area contributed by atoms with Crippen LogP contribution < -0.4 is 9.46 Å². The zero-order valence-corrected chi connectivity index (χ0v) is 20.2. The number of aromatic hydroxyl groups is 1. The van der Waals surface area contributed by atoms with Gasteiger partial charge in [-0.15, -0.1) is 0 Å². The number of nitrogens with zero attached hydrogens (tertiary/aromatic N) is 5. The van der Waals surface area contributed by atoms with E-state index in [1.807, 2.05) is 6.92 Å². The van der Waals surface area contributed by atoms with Gasteiger partial charge in [0, 0.05) is 0 Å². The molecule has 1 aliphatic carbocycles. The fourth-order valence-corrected chi connectivity index (χ4v) is 5.36. The molecule has 0 amide bonds. The van der Waals surface area contributed by atoms with Crippen LogP contribution in [0.4, 0.5) is 5.82 Å². The number of aliphatic hydroxyl groups excluding tert-OH is 1. The molecule has 186 valence electrons. The Morgan fingerprint density at radius 2 is 2.08 bits per heavy atom. The van der Waals surface area contributed by atoms with Gasteiger partial charge in [-0.2, -0.15) is 0 Å². The van der Waals surface area contributed by atoms with Gasteiger partial charge >= 0.3 is 0 Å². The van der Waals surface area contributed by atoms with E-state index in [4.69, 9.17) is 9.47 Å². The van der Waals surface area contributed by atoms with E-state index < -0.39 is 21.4 Å². The van der Waals surface area contributed by atoms with Crippen LogP contribution in [0, 0.1) is 0 Å². The number of methoxy groups -OCH3 is 1. The molecule has 2 aromatic heterocycles. The highest BCUT2D eigenvalue weighted by atomic mass is 32.2. The van der Waals surface area contributed by atoms with Crippen molar-refractivity contribution >= 4 is 38.7 Å². The second kappa shape index (κ2) is 9.14. The summed E-state index contributed by atoms with van der Waals surface area (Å²) in [6.45, 7) is 2.21. The minimum absolute atomic E-state index is 0.0439. The number of para-hydroxylation sites is 1. The molecule has 3 N–H and O–H groups in total. The molecule has 3 heterocycles. The van der Waals surface area contributed by atoms with Crippen LogP contribution in [0.15, 0.2) is 46.9 Å². The van der Waals surface area contributed by atoms with Gasteiger partial charge in [0.25, 0.3) is 0 Å². The van der Waals surface area contributed by atoms with E-state index in [1.165, 1.54) is 30.0 Å².